The maximum absolute atomic E-state index is 12.0. The zero-order valence-electron chi connectivity index (χ0n) is 14.0. The summed E-state index contributed by atoms with van der Waals surface area (Å²) >= 11 is 11.8. The van der Waals surface area contributed by atoms with Crippen LogP contribution in [0.3, 0.4) is 0 Å². The van der Waals surface area contributed by atoms with E-state index in [1.807, 2.05) is 30.3 Å². The molecule has 0 saturated heterocycles. The minimum atomic E-state index is -1.06. The molecule has 0 aliphatic heterocycles. The first kappa shape index (κ1) is 20.1. The van der Waals surface area contributed by atoms with Crippen molar-refractivity contribution in [1.29, 1.82) is 0 Å². The lowest BCUT2D eigenvalue weighted by Gasteiger charge is -2.15. The number of aliphatic carboxylic acids is 1. The molecule has 7 heteroatoms. The van der Waals surface area contributed by atoms with Gasteiger partial charge in [-0.05, 0) is 30.2 Å². The number of rotatable bonds is 9. The van der Waals surface area contributed by atoms with E-state index in [4.69, 9.17) is 27.9 Å². The lowest BCUT2D eigenvalue weighted by molar-refractivity contribution is -0.141. The number of hydrogen-bond donors (Lipinski definition) is 2. The number of carboxylic acid groups (broad SMARTS) is 1. The fourth-order valence-corrected chi connectivity index (χ4v) is 2.79. The van der Waals surface area contributed by atoms with Crippen molar-refractivity contribution in [3.63, 3.8) is 0 Å². The van der Waals surface area contributed by atoms with Crippen LogP contribution < -0.4 is 10.1 Å². The first-order valence-electron chi connectivity index (χ1n) is 8.09. The van der Waals surface area contributed by atoms with E-state index in [0.29, 0.717) is 22.2 Å². The Kier molecular flexibility index (Phi) is 7.75. The highest BCUT2D eigenvalue weighted by Gasteiger charge is 2.20. The Morgan fingerprint density at radius 3 is 2.50 bits per heavy atom. The lowest BCUT2D eigenvalue weighted by Crippen LogP contribution is -2.42. The van der Waals surface area contributed by atoms with Crippen molar-refractivity contribution in [2.75, 3.05) is 6.61 Å². The highest BCUT2D eigenvalue weighted by molar-refractivity contribution is 6.35. The number of hydrogen-bond acceptors (Lipinski definition) is 3. The molecule has 0 heterocycles. The van der Waals surface area contributed by atoms with E-state index in [1.54, 1.807) is 18.2 Å². The van der Waals surface area contributed by atoms with E-state index >= 15 is 0 Å². The smallest absolute Gasteiger partial charge is 0.326 e. The molecule has 0 aliphatic carbocycles. The average Bonchev–Trinajstić information content (AvgIpc) is 2.60. The molecular weight excluding hydrogens is 377 g/mol. The van der Waals surface area contributed by atoms with E-state index in [1.165, 1.54) is 0 Å². The van der Waals surface area contributed by atoms with Crippen LogP contribution in [0.25, 0.3) is 0 Å². The number of amides is 1. The van der Waals surface area contributed by atoms with Crippen LogP contribution in [0.1, 0.15) is 18.4 Å². The highest BCUT2D eigenvalue weighted by atomic mass is 35.5. The van der Waals surface area contributed by atoms with Gasteiger partial charge in [-0.25, -0.2) is 4.79 Å². The molecule has 2 rings (SSSR count). The van der Waals surface area contributed by atoms with Crippen LogP contribution in [0, 0.1) is 0 Å². The van der Waals surface area contributed by atoms with Crippen LogP contribution in [-0.4, -0.2) is 29.6 Å². The third-order valence-electron chi connectivity index (χ3n) is 3.62. The van der Waals surface area contributed by atoms with Gasteiger partial charge < -0.3 is 15.2 Å². The lowest BCUT2D eigenvalue weighted by atomic mass is 10.1. The molecule has 2 aromatic carbocycles. The summed E-state index contributed by atoms with van der Waals surface area (Å²) in [5.41, 5.74) is 0.848. The molecular formula is C19H19Cl2NO4. The van der Waals surface area contributed by atoms with Gasteiger partial charge in [0.05, 0.1) is 11.6 Å². The molecule has 1 atom stereocenters. The quantitative estimate of drug-likeness (QED) is 0.629. The fraction of sp³-hybridized carbons (Fsp3) is 0.263. The topological polar surface area (TPSA) is 75.6 Å². The van der Waals surface area contributed by atoms with Gasteiger partial charge in [0.2, 0.25) is 5.91 Å². The number of carbonyl (C=O) groups is 2. The summed E-state index contributed by atoms with van der Waals surface area (Å²) in [5, 5.41) is 12.7. The van der Waals surface area contributed by atoms with E-state index < -0.39 is 12.0 Å². The Hall–Kier alpha value is -2.24. The minimum absolute atomic E-state index is 0.157. The average molecular weight is 396 g/mol. The molecule has 2 aromatic rings. The van der Waals surface area contributed by atoms with Gasteiger partial charge in [-0.3, -0.25) is 4.79 Å². The summed E-state index contributed by atoms with van der Waals surface area (Å²) < 4.78 is 5.50. The van der Waals surface area contributed by atoms with Crippen molar-refractivity contribution in [3.05, 3.63) is 64.1 Å². The van der Waals surface area contributed by atoms with Gasteiger partial charge in [0.1, 0.15) is 11.8 Å². The monoisotopic (exact) mass is 395 g/mol. The van der Waals surface area contributed by atoms with Gasteiger partial charge in [0.15, 0.2) is 0 Å². The van der Waals surface area contributed by atoms with E-state index in [9.17, 15) is 14.7 Å². The predicted octanol–water partition coefficient (Wildman–Crippen LogP) is 3.96. The number of nitrogens with one attached hydrogen (secondary N) is 1. The molecule has 0 saturated carbocycles. The first-order chi connectivity index (χ1) is 12.5. The molecule has 138 valence electrons. The van der Waals surface area contributed by atoms with Crippen LogP contribution in [-0.2, 0) is 16.0 Å². The van der Waals surface area contributed by atoms with E-state index in [0.717, 1.165) is 5.56 Å². The zero-order valence-corrected chi connectivity index (χ0v) is 15.5. The minimum Gasteiger partial charge on any atom is -0.492 e. The largest absolute Gasteiger partial charge is 0.492 e. The van der Waals surface area contributed by atoms with Crippen molar-refractivity contribution in [2.45, 2.75) is 25.3 Å². The Labute approximate surface area is 161 Å². The fourth-order valence-electron chi connectivity index (χ4n) is 2.32. The summed E-state index contributed by atoms with van der Waals surface area (Å²) in [6.07, 6.45) is 0.824. The number of carbonyl (C=O) groups excluding carboxylic acids is 1. The summed E-state index contributed by atoms with van der Waals surface area (Å²) in [7, 11) is 0. The van der Waals surface area contributed by atoms with Gasteiger partial charge >= 0.3 is 5.97 Å². The standard InChI is InChI=1S/C19H19Cl2NO4/c20-14-8-9-17(15(21)12-14)26-10-4-7-18(23)22-16(19(24)25)11-13-5-2-1-3-6-13/h1-3,5-6,8-9,12,16H,4,7,10-11H2,(H,22,23)(H,24,25)/t16-/m1/s1. The SMILES string of the molecule is O=C(CCCOc1ccc(Cl)cc1Cl)N[C@H](Cc1ccccc1)C(=O)O. The van der Waals surface area contributed by atoms with Crippen LogP contribution in [0.15, 0.2) is 48.5 Å². The Balaban J connectivity index is 1.76. The Bertz CT molecular complexity index is 752. The maximum atomic E-state index is 12.0. The van der Waals surface area contributed by atoms with Crippen molar-refractivity contribution in [2.24, 2.45) is 0 Å². The van der Waals surface area contributed by atoms with Gasteiger partial charge in [0.25, 0.3) is 0 Å². The van der Waals surface area contributed by atoms with Gasteiger partial charge in [-0.2, -0.15) is 0 Å². The molecule has 0 radical (unpaired) electrons. The maximum Gasteiger partial charge on any atom is 0.326 e. The summed E-state index contributed by atoms with van der Waals surface area (Å²) in [6.45, 7) is 0.283. The molecule has 5 nitrogen and oxygen atoms in total. The van der Waals surface area contributed by atoms with Crippen LogP contribution >= 0.6 is 23.2 Å². The van der Waals surface area contributed by atoms with Crippen molar-refractivity contribution < 1.29 is 19.4 Å². The second-order valence-corrected chi connectivity index (χ2v) is 6.52. The molecule has 1 amide bonds. The predicted molar refractivity (Wildman–Crippen MR) is 101 cm³/mol. The summed E-state index contributed by atoms with van der Waals surface area (Å²) in [6, 6.07) is 13.1. The van der Waals surface area contributed by atoms with Crippen molar-refractivity contribution in [3.8, 4) is 5.75 Å². The number of halogens is 2. The van der Waals surface area contributed by atoms with Gasteiger partial charge in [0, 0.05) is 17.9 Å². The molecule has 0 fully saturated rings. The van der Waals surface area contributed by atoms with E-state index in [-0.39, 0.29) is 25.4 Å². The van der Waals surface area contributed by atoms with Crippen LogP contribution in [0.2, 0.25) is 10.0 Å². The van der Waals surface area contributed by atoms with Gasteiger partial charge in [-0.15, -0.1) is 0 Å². The summed E-state index contributed by atoms with van der Waals surface area (Å²) in [4.78, 5) is 23.4. The number of benzene rings is 2. The second kappa shape index (κ2) is 10.0. The molecule has 0 aromatic heterocycles. The summed E-state index contributed by atoms with van der Waals surface area (Å²) in [5.74, 6) is -0.908. The zero-order chi connectivity index (χ0) is 18.9. The van der Waals surface area contributed by atoms with Crippen molar-refractivity contribution in [1.82, 2.24) is 5.32 Å². The molecule has 2 N–H and O–H groups in total. The van der Waals surface area contributed by atoms with Crippen molar-refractivity contribution >= 4 is 35.1 Å². The first-order valence-corrected chi connectivity index (χ1v) is 8.85. The normalized spacial score (nSPS) is 11.6. The molecule has 0 unspecified atom stereocenters. The second-order valence-electron chi connectivity index (χ2n) is 5.67. The number of ether oxygens (including phenoxy) is 1. The molecule has 26 heavy (non-hydrogen) atoms. The molecule has 0 bridgehead atoms. The third kappa shape index (κ3) is 6.58. The Morgan fingerprint density at radius 1 is 1.12 bits per heavy atom. The number of carboxylic acids is 1. The highest BCUT2D eigenvalue weighted by Crippen LogP contribution is 2.27. The van der Waals surface area contributed by atoms with Crippen LogP contribution in [0.4, 0.5) is 0 Å². The molecule has 0 spiro atoms. The van der Waals surface area contributed by atoms with E-state index in [2.05, 4.69) is 5.32 Å². The van der Waals surface area contributed by atoms with Gasteiger partial charge in [-0.1, -0.05) is 53.5 Å². The molecule has 0 aliphatic rings. The van der Waals surface area contributed by atoms with Crippen LogP contribution in [0.5, 0.6) is 5.75 Å². The Morgan fingerprint density at radius 2 is 1.85 bits per heavy atom. The third-order valence-corrected chi connectivity index (χ3v) is 4.15.